The van der Waals surface area contributed by atoms with Crippen LogP contribution in [0.1, 0.15) is 18.9 Å². The van der Waals surface area contributed by atoms with Crippen LogP contribution in [0.2, 0.25) is 0 Å². The van der Waals surface area contributed by atoms with E-state index in [1.807, 2.05) is 6.07 Å². The summed E-state index contributed by atoms with van der Waals surface area (Å²) in [6.45, 7) is 0. The Balaban J connectivity index is 1.86. The molecule has 1 aliphatic rings. The van der Waals surface area contributed by atoms with Gasteiger partial charge in [0.1, 0.15) is 11.8 Å². The van der Waals surface area contributed by atoms with Gasteiger partial charge in [-0.25, -0.2) is 18.7 Å². The van der Waals surface area contributed by atoms with Gasteiger partial charge in [-0.1, -0.05) is 0 Å². The first-order chi connectivity index (χ1) is 11.6. The van der Waals surface area contributed by atoms with Gasteiger partial charge in [-0.05, 0) is 43.2 Å². The predicted octanol–water partition coefficient (Wildman–Crippen LogP) is 3.57. The number of aromatic nitrogens is 4. The van der Waals surface area contributed by atoms with Crippen molar-refractivity contribution in [3.63, 3.8) is 0 Å². The molecule has 0 spiro atoms. The summed E-state index contributed by atoms with van der Waals surface area (Å²) in [5, 5.41) is 0. The van der Waals surface area contributed by atoms with Crippen LogP contribution in [0.5, 0.6) is 0 Å². The average molecular weight is 325 g/mol. The third kappa shape index (κ3) is 1.78. The molecule has 1 saturated carbocycles. The maximum absolute atomic E-state index is 14.4. The van der Waals surface area contributed by atoms with Gasteiger partial charge in [-0.3, -0.25) is 4.57 Å². The predicted molar refractivity (Wildman–Crippen MR) is 87.0 cm³/mol. The molecule has 0 unspecified atom stereocenters. The van der Waals surface area contributed by atoms with E-state index in [1.165, 1.54) is 6.07 Å². The van der Waals surface area contributed by atoms with E-state index in [2.05, 4.69) is 9.97 Å². The van der Waals surface area contributed by atoms with Gasteiger partial charge >= 0.3 is 0 Å². The van der Waals surface area contributed by atoms with Crippen molar-refractivity contribution in [3.8, 4) is 5.95 Å². The zero-order valence-corrected chi connectivity index (χ0v) is 12.6. The molecule has 2 N–H and O–H groups in total. The van der Waals surface area contributed by atoms with Crippen LogP contribution in [-0.4, -0.2) is 19.1 Å². The summed E-state index contributed by atoms with van der Waals surface area (Å²) < 4.78 is 31.7. The molecule has 2 heterocycles. The number of anilines is 1. The number of halogens is 2. The molecule has 0 saturated heterocycles. The van der Waals surface area contributed by atoms with E-state index in [4.69, 9.17) is 5.73 Å². The fourth-order valence-electron chi connectivity index (χ4n) is 3.15. The smallest absolute Gasteiger partial charge is 0.217 e. The Morgan fingerprint density at radius 3 is 2.71 bits per heavy atom. The molecule has 2 aromatic heterocycles. The normalized spacial score (nSPS) is 14.8. The number of nitrogens with zero attached hydrogens (tertiary/aromatic N) is 4. The first-order valence-corrected chi connectivity index (χ1v) is 7.72. The number of hydrogen-bond acceptors (Lipinski definition) is 3. The number of nitrogen functional groups attached to an aromatic ring is 1. The Hall–Kier alpha value is -2.96. The largest absolute Gasteiger partial charge is 0.399 e. The van der Waals surface area contributed by atoms with Crippen LogP contribution in [0, 0.1) is 11.6 Å². The van der Waals surface area contributed by atoms with Gasteiger partial charge in [-0.15, -0.1) is 0 Å². The van der Waals surface area contributed by atoms with Crippen molar-refractivity contribution in [2.24, 2.45) is 0 Å². The highest BCUT2D eigenvalue weighted by molar-refractivity contribution is 5.83. The molecular formula is C17H13F2N5. The van der Waals surface area contributed by atoms with E-state index in [0.717, 1.165) is 29.9 Å². The van der Waals surface area contributed by atoms with Crippen LogP contribution in [-0.2, 0) is 0 Å². The second-order valence-electron chi connectivity index (χ2n) is 6.10. The molecule has 0 aliphatic heterocycles. The van der Waals surface area contributed by atoms with Gasteiger partial charge in [0.05, 0.1) is 16.6 Å². The van der Waals surface area contributed by atoms with Crippen LogP contribution in [0.25, 0.3) is 28.0 Å². The van der Waals surface area contributed by atoms with Crippen molar-refractivity contribution >= 4 is 27.8 Å². The third-order valence-corrected chi connectivity index (χ3v) is 4.42. The molecular weight excluding hydrogens is 312 g/mol. The first kappa shape index (κ1) is 13.5. The van der Waals surface area contributed by atoms with Crippen molar-refractivity contribution in [2.45, 2.75) is 18.9 Å². The molecule has 0 amide bonds. The number of imidazole rings is 2. The van der Waals surface area contributed by atoms with Crippen molar-refractivity contribution in [1.29, 1.82) is 0 Å². The molecule has 120 valence electrons. The summed E-state index contributed by atoms with van der Waals surface area (Å²) in [5.74, 6) is -1.17. The summed E-state index contributed by atoms with van der Waals surface area (Å²) >= 11 is 0. The lowest BCUT2D eigenvalue weighted by Gasteiger charge is -2.09. The fraction of sp³-hybridized carbons (Fsp3) is 0.176. The van der Waals surface area contributed by atoms with E-state index >= 15 is 0 Å². The Kier molecular flexibility index (Phi) is 2.54. The molecule has 5 nitrogen and oxygen atoms in total. The van der Waals surface area contributed by atoms with Gasteiger partial charge in [0.15, 0.2) is 11.6 Å². The monoisotopic (exact) mass is 325 g/mol. The average Bonchev–Trinajstić information content (AvgIpc) is 3.20. The van der Waals surface area contributed by atoms with E-state index < -0.39 is 11.6 Å². The molecule has 0 atom stereocenters. The SMILES string of the molecule is Nc1ccc2c(c1)ncn2-c1nc2ccc(F)c(F)c2n1C1CC1. The highest BCUT2D eigenvalue weighted by atomic mass is 19.2. The molecule has 0 bridgehead atoms. The summed E-state index contributed by atoms with van der Waals surface area (Å²) in [4.78, 5) is 8.89. The summed E-state index contributed by atoms with van der Waals surface area (Å²) in [7, 11) is 0. The molecule has 0 radical (unpaired) electrons. The second kappa shape index (κ2) is 4.53. The molecule has 7 heteroatoms. The minimum Gasteiger partial charge on any atom is -0.399 e. The van der Waals surface area contributed by atoms with Gasteiger partial charge in [0.2, 0.25) is 5.95 Å². The lowest BCUT2D eigenvalue weighted by molar-refractivity contribution is 0.511. The quantitative estimate of drug-likeness (QED) is 0.573. The van der Waals surface area contributed by atoms with Crippen LogP contribution >= 0.6 is 0 Å². The molecule has 24 heavy (non-hydrogen) atoms. The van der Waals surface area contributed by atoms with E-state index in [0.29, 0.717) is 17.2 Å². The highest BCUT2D eigenvalue weighted by Gasteiger charge is 2.31. The Labute approximate surface area is 135 Å². The van der Waals surface area contributed by atoms with Crippen molar-refractivity contribution in [3.05, 3.63) is 48.3 Å². The van der Waals surface area contributed by atoms with Crippen molar-refractivity contribution in [1.82, 2.24) is 19.1 Å². The lowest BCUT2D eigenvalue weighted by atomic mass is 10.3. The summed E-state index contributed by atoms with van der Waals surface area (Å²) in [6.07, 6.45) is 3.49. The number of nitrogens with two attached hydrogens (primary N) is 1. The molecule has 1 fully saturated rings. The topological polar surface area (TPSA) is 61.7 Å². The zero-order chi connectivity index (χ0) is 16.4. The number of benzene rings is 2. The zero-order valence-electron chi connectivity index (χ0n) is 12.6. The molecule has 1 aliphatic carbocycles. The first-order valence-electron chi connectivity index (χ1n) is 7.72. The third-order valence-electron chi connectivity index (χ3n) is 4.42. The van der Waals surface area contributed by atoms with E-state index in [9.17, 15) is 8.78 Å². The lowest BCUT2D eigenvalue weighted by Crippen LogP contribution is -2.06. The van der Waals surface area contributed by atoms with E-state index in [1.54, 1.807) is 27.6 Å². The Morgan fingerprint density at radius 1 is 1.08 bits per heavy atom. The minimum absolute atomic E-state index is 0.132. The van der Waals surface area contributed by atoms with Crippen LogP contribution in [0.15, 0.2) is 36.7 Å². The van der Waals surface area contributed by atoms with Gasteiger partial charge < -0.3 is 10.3 Å². The fourth-order valence-corrected chi connectivity index (χ4v) is 3.15. The Bertz CT molecular complexity index is 1110. The number of rotatable bonds is 2. The summed E-state index contributed by atoms with van der Waals surface area (Å²) in [6, 6.07) is 8.16. The highest BCUT2D eigenvalue weighted by Crippen LogP contribution is 2.41. The maximum Gasteiger partial charge on any atom is 0.217 e. The molecule has 2 aromatic carbocycles. The van der Waals surface area contributed by atoms with Gasteiger partial charge in [0.25, 0.3) is 0 Å². The minimum atomic E-state index is -0.862. The van der Waals surface area contributed by atoms with Crippen molar-refractivity contribution < 1.29 is 8.78 Å². The van der Waals surface area contributed by atoms with Gasteiger partial charge in [-0.2, -0.15) is 0 Å². The Morgan fingerprint density at radius 2 is 1.92 bits per heavy atom. The van der Waals surface area contributed by atoms with Crippen LogP contribution in [0.4, 0.5) is 14.5 Å². The number of hydrogen-bond donors (Lipinski definition) is 1. The standard InChI is InChI=1S/C17H13F2N5/c18-11-4-5-12-16(15(11)19)24(10-2-3-10)17(22-12)23-8-21-13-7-9(20)1-6-14(13)23/h1,4-8,10H,2-3,20H2. The van der Waals surface area contributed by atoms with Crippen molar-refractivity contribution in [2.75, 3.05) is 5.73 Å². The molecule has 4 aromatic rings. The van der Waals surface area contributed by atoms with Gasteiger partial charge in [0, 0.05) is 11.7 Å². The second-order valence-corrected chi connectivity index (χ2v) is 6.10. The van der Waals surface area contributed by atoms with Crippen LogP contribution < -0.4 is 5.73 Å². The van der Waals surface area contributed by atoms with Crippen LogP contribution in [0.3, 0.4) is 0 Å². The summed E-state index contributed by atoms with van der Waals surface area (Å²) in [5.41, 5.74) is 8.62. The number of fused-ring (bicyclic) bond motifs is 2. The van der Waals surface area contributed by atoms with E-state index in [-0.39, 0.29) is 11.6 Å². The molecule has 5 rings (SSSR count). The maximum atomic E-state index is 14.4.